The van der Waals surface area contributed by atoms with Gasteiger partial charge < -0.3 is 20.7 Å². The number of nitrogens with one attached hydrogen (secondary N) is 1. The minimum Gasteiger partial charge on any atom is -0.444 e. The van der Waals surface area contributed by atoms with Gasteiger partial charge in [-0.3, -0.25) is 0 Å². The van der Waals surface area contributed by atoms with E-state index in [-0.39, 0.29) is 6.09 Å². The molecule has 0 aromatic carbocycles. The molecule has 2 fully saturated rings. The van der Waals surface area contributed by atoms with Crippen LogP contribution in [0.5, 0.6) is 0 Å². The molecule has 1 amide bonds. The summed E-state index contributed by atoms with van der Waals surface area (Å²) in [5, 5.41) is 3.74. The summed E-state index contributed by atoms with van der Waals surface area (Å²) in [4.78, 5) is 14.1. The minimum absolute atomic E-state index is 0.167. The molecule has 23 heavy (non-hydrogen) atoms. The average molecular weight is 325 g/mol. The van der Waals surface area contributed by atoms with Gasteiger partial charge in [-0.1, -0.05) is 12.8 Å². The Morgan fingerprint density at radius 2 is 1.96 bits per heavy atom. The van der Waals surface area contributed by atoms with Crippen molar-refractivity contribution < 1.29 is 9.53 Å². The van der Waals surface area contributed by atoms with Crippen LogP contribution in [0.1, 0.15) is 59.3 Å². The second kappa shape index (κ2) is 8.34. The molecule has 1 saturated heterocycles. The third-order valence-corrected chi connectivity index (χ3v) is 5.05. The van der Waals surface area contributed by atoms with E-state index < -0.39 is 5.60 Å². The standard InChI is InChI=1S/C18H35N3O2/c1-18(2,3)23-17(22)21-10-6-7-14(13-21)12-20-16-9-5-4-8-15(16)11-19/h14-16,20H,4-13,19H2,1-3H3. The summed E-state index contributed by atoms with van der Waals surface area (Å²) in [6.45, 7) is 9.16. The first-order valence-electron chi connectivity index (χ1n) is 9.30. The van der Waals surface area contributed by atoms with Crippen molar-refractivity contribution in [2.75, 3.05) is 26.2 Å². The molecule has 1 aliphatic carbocycles. The van der Waals surface area contributed by atoms with Crippen molar-refractivity contribution in [1.82, 2.24) is 10.2 Å². The highest BCUT2D eigenvalue weighted by Gasteiger charge is 2.29. The minimum atomic E-state index is -0.418. The predicted molar refractivity (Wildman–Crippen MR) is 93.3 cm³/mol. The van der Waals surface area contributed by atoms with Gasteiger partial charge in [-0.2, -0.15) is 0 Å². The number of nitrogens with two attached hydrogens (primary N) is 1. The molecule has 1 saturated carbocycles. The first-order valence-corrected chi connectivity index (χ1v) is 9.30. The number of amides is 1. The van der Waals surface area contributed by atoms with Crippen molar-refractivity contribution in [2.24, 2.45) is 17.6 Å². The molecule has 134 valence electrons. The van der Waals surface area contributed by atoms with Gasteiger partial charge in [0.05, 0.1) is 0 Å². The molecule has 3 atom stereocenters. The number of ether oxygens (including phenoxy) is 1. The van der Waals surface area contributed by atoms with E-state index in [4.69, 9.17) is 10.5 Å². The fraction of sp³-hybridized carbons (Fsp3) is 0.944. The highest BCUT2D eigenvalue weighted by molar-refractivity contribution is 5.68. The second-order valence-corrected chi connectivity index (χ2v) is 8.23. The van der Waals surface area contributed by atoms with Gasteiger partial charge in [0.1, 0.15) is 5.60 Å². The van der Waals surface area contributed by atoms with Crippen LogP contribution in [0.3, 0.4) is 0 Å². The summed E-state index contributed by atoms with van der Waals surface area (Å²) in [6, 6.07) is 0.561. The number of hydrogen-bond donors (Lipinski definition) is 2. The molecular weight excluding hydrogens is 290 g/mol. The average Bonchev–Trinajstić information content (AvgIpc) is 2.52. The zero-order valence-electron chi connectivity index (χ0n) is 15.1. The fourth-order valence-electron chi connectivity index (χ4n) is 3.80. The van der Waals surface area contributed by atoms with E-state index in [9.17, 15) is 4.79 Å². The van der Waals surface area contributed by atoms with Gasteiger partial charge in [-0.15, -0.1) is 0 Å². The first kappa shape index (κ1) is 18.5. The third-order valence-electron chi connectivity index (χ3n) is 5.05. The Labute approximate surface area is 141 Å². The Morgan fingerprint density at radius 3 is 2.65 bits per heavy atom. The van der Waals surface area contributed by atoms with Crippen LogP contribution in [0.2, 0.25) is 0 Å². The van der Waals surface area contributed by atoms with Gasteiger partial charge >= 0.3 is 6.09 Å². The number of likely N-dealkylation sites (tertiary alicyclic amines) is 1. The van der Waals surface area contributed by atoms with Gasteiger partial charge in [0, 0.05) is 19.1 Å². The molecule has 5 heteroatoms. The van der Waals surface area contributed by atoms with Crippen LogP contribution >= 0.6 is 0 Å². The smallest absolute Gasteiger partial charge is 0.410 e. The Kier molecular flexibility index (Phi) is 6.72. The molecule has 0 bridgehead atoms. The lowest BCUT2D eigenvalue weighted by Crippen LogP contribution is -2.48. The van der Waals surface area contributed by atoms with Gasteiger partial charge in [0.15, 0.2) is 0 Å². The molecule has 3 unspecified atom stereocenters. The maximum Gasteiger partial charge on any atom is 0.410 e. The third kappa shape index (κ3) is 5.96. The van der Waals surface area contributed by atoms with Crippen LogP contribution in [-0.4, -0.2) is 48.8 Å². The number of nitrogens with zero attached hydrogens (tertiary/aromatic N) is 1. The highest BCUT2D eigenvalue weighted by atomic mass is 16.6. The number of carbonyl (C=O) groups excluding carboxylic acids is 1. The van der Waals surface area contributed by atoms with Gasteiger partial charge in [-0.25, -0.2) is 4.79 Å². The van der Waals surface area contributed by atoms with Gasteiger partial charge in [-0.05, 0) is 71.4 Å². The lowest BCUT2D eigenvalue weighted by Gasteiger charge is -2.36. The summed E-state index contributed by atoms with van der Waals surface area (Å²) in [7, 11) is 0. The number of rotatable bonds is 4. The molecule has 2 aliphatic rings. The summed E-state index contributed by atoms with van der Waals surface area (Å²) in [5.41, 5.74) is 5.50. The molecule has 0 aromatic heterocycles. The van der Waals surface area contributed by atoms with Crippen LogP contribution in [0.15, 0.2) is 0 Å². The molecular formula is C18H35N3O2. The van der Waals surface area contributed by atoms with Crippen LogP contribution < -0.4 is 11.1 Å². The van der Waals surface area contributed by atoms with Crippen molar-refractivity contribution in [3.8, 4) is 0 Å². The van der Waals surface area contributed by atoms with E-state index in [0.717, 1.165) is 32.6 Å². The van der Waals surface area contributed by atoms with E-state index in [1.807, 2.05) is 25.7 Å². The maximum atomic E-state index is 12.2. The molecule has 1 aliphatic heterocycles. The quantitative estimate of drug-likeness (QED) is 0.834. The van der Waals surface area contributed by atoms with Crippen molar-refractivity contribution in [1.29, 1.82) is 0 Å². The molecule has 5 nitrogen and oxygen atoms in total. The number of hydrogen-bond acceptors (Lipinski definition) is 4. The zero-order valence-corrected chi connectivity index (χ0v) is 15.1. The van der Waals surface area contributed by atoms with Crippen LogP contribution in [-0.2, 0) is 4.74 Å². The summed E-state index contributed by atoms with van der Waals surface area (Å²) >= 11 is 0. The van der Waals surface area contributed by atoms with E-state index in [1.165, 1.54) is 32.1 Å². The SMILES string of the molecule is CC(C)(C)OC(=O)N1CCCC(CNC2CCCCC2CN)C1. The number of carbonyl (C=O) groups is 1. The van der Waals surface area contributed by atoms with Crippen molar-refractivity contribution >= 4 is 6.09 Å². The predicted octanol–water partition coefficient (Wildman–Crippen LogP) is 2.74. The van der Waals surface area contributed by atoms with Crippen LogP contribution in [0, 0.1) is 11.8 Å². The molecule has 0 spiro atoms. The molecule has 0 aromatic rings. The Balaban J connectivity index is 1.78. The van der Waals surface area contributed by atoms with E-state index >= 15 is 0 Å². The zero-order chi connectivity index (χ0) is 16.9. The van der Waals surface area contributed by atoms with Crippen molar-refractivity contribution in [3.05, 3.63) is 0 Å². The molecule has 0 radical (unpaired) electrons. The first-order chi connectivity index (χ1) is 10.9. The van der Waals surface area contributed by atoms with Crippen molar-refractivity contribution in [2.45, 2.75) is 70.9 Å². The molecule has 2 rings (SSSR count). The fourth-order valence-corrected chi connectivity index (χ4v) is 3.80. The van der Waals surface area contributed by atoms with Crippen LogP contribution in [0.25, 0.3) is 0 Å². The summed E-state index contributed by atoms with van der Waals surface area (Å²) in [5.74, 6) is 1.14. The largest absolute Gasteiger partial charge is 0.444 e. The van der Waals surface area contributed by atoms with Gasteiger partial charge in [0.25, 0.3) is 0 Å². The molecule has 1 heterocycles. The van der Waals surface area contributed by atoms with E-state index in [2.05, 4.69) is 5.32 Å². The van der Waals surface area contributed by atoms with Gasteiger partial charge in [0.2, 0.25) is 0 Å². The lowest BCUT2D eigenvalue weighted by molar-refractivity contribution is 0.0163. The molecule has 3 N–H and O–H groups in total. The van der Waals surface area contributed by atoms with Crippen LogP contribution in [0.4, 0.5) is 4.79 Å². The Morgan fingerprint density at radius 1 is 1.22 bits per heavy atom. The Bertz CT molecular complexity index is 381. The van der Waals surface area contributed by atoms with Crippen molar-refractivity contribution in [3.63, 3.8) is 0 Å². The van der Waals surface area contributed by atoms with E-state index in [1.54, 1.807) is 0 Å². The summed E-state index contributed by atoms with van der Waals surface area (Å²) in [6.07, 6.45) is 7.20. The topological polar surface area (TPSA) is 67.6 Å². The van der Waals surface area contributed by atoms with E-state index in [0.29, 0.717) is 17.9 Å². The number of piperidine rings is 1. The highest BCUT2D eigenvalue weighted by Crippen LogP contribution is 2.25. The maximum absolute atomic E-state index is 12.2. The normalized spacial score (nSPS) is 29.4. The summed E-state index contributed by atoms with van der Waals surface area (Å²) < 4.78 is 5.50. The lowest BCUT2D eigenvalue weighted by atomic mass is 9.84. The Hall–Kier alpha value is -0.810. The monoisotopic (exact) mass is 325 g/mol. The second-order valence-electron chi connectivity index (χ2n) is 8.23.